The molecule has 0 aliphatic carbocycles. The highest BCUT2D eigenvalue weighted by molar-refractivity contribution is 8.14. The highest BCUT2D eigenvalue weighted by Crippen LogP contribution is 2.21. The summed E-state index contributed by atoms with van der Waals surface area (Å²) in [6, 6.07) is 0.521. The minimum Gasteiger partial charge on any atom is -0.298 e. The molecule has 76 valence electrons. The molecule has 0 aromatic rings. The van der Waals surface area contributed by atoms with Crippen LogP contribution in [0.2, 0.25) is 0 Å². The number of hydrazine groups is 1. The topological polar surface area (TPSA) is 27.6 Å². The quantitative estimate of drug-likeness (QED) is 0.702. The molecule has 1 rings (SSSR count). The second kappa shape index (κ2) is 4.86. The summed E-state index contributed by atoms with van der Waals surface area (Å²) in [4.78, 5) is 4.60. The minimum absolute atomic E-state index is 0.521. The van der Waals surface area contributed by atoms with Crippen LogP contribution >= 0.6 is 11.8 Å². The van der Waals surface area contributed by atoms with E-state index in [1.165, 1.54) is 6.42 Å². The standard InChI is InChI=1S/C9H19N3S/c1-7(2)5-8-6-13-9(10-8)11-12(3)4/h7-8H,5-6H2,1-4H3,(H,10,11). The molecule has 4 heteroatoms. The van der Waals surface area contributed by atoms with Crippen LogP contribution in [0.25, 0.3) is 0 Å². The SMILES string of the molecule is CC(C)CC1CSC(NN(C)C)=N1. The maximum atomic E-state index is 4.60. The molecule has 1 N–H and O–H groups in total. The van der Waals surface area contributed by atoms with Gasteiger partial charge in [-0.1, -0.05) is 25.6 Å². The maximum absolute atomic E-state index is 4.60. The van der Waals surface area contributed by atoms with Crippen LogP contribution in [0.15, 0.2) is 4.99 Å². The number of hydrogen-bond acceptors (Lipinski definition) is 4. The Labute approximate surface area is 85.0 Å². The molecule has 13 heavy (non-hydrogen) atoms. The number of nitrogens with one attached hydrogen (secondary N) is 1. The molecule has 1 unspecified atom stereocenters. The van der Waals surface area contributed by atoms with E-state index in [0.29, 0.717) is 6.04 Å². The van der Waals surface area contributed by atoms with E-state index in [2.05, 4.69) is 24.3 Å². The van der Waals surface area contributed by atoms with Gasteiger partial charge in [0.2, 0.25) is 0 Å². The van der Waals surface area contributed by atoms with Crippen LogP contribution in [-0.2, 0) is 0 Å². The van der Waals surface area contributed by atoms with Gasteiger partial charge in [-0.3, -0.25) is 10.4 Å². The normalized spacial score (nSPS) is 22.6. The van der Waals surface area contributed by atoms with E-state index in [0.717, 1.165) is 16.8 Å². The lowest BCUT2D eigenvalue weighted by Crippen LogP contribution is -2.33. The fourth-order valence-corrected chi connectivity index (χ4v) is 2.36. The summed E-state index contributed by atoms with van der Waals surface area (Å²) in [5.41, 5.74) is 3.19. The number of aliphatic imine (C=N–C) groups is 1. The lowest BCUT2D eigenvalue weighted by Gasteiger charge is -2.11. The van der Waals surface area contributed by atoms with Crippen LogP contribution in [0, 0.1) is 5.92 Å². The molecule has 3 nitrogen and oxygen atoms in total. The van der Waals surface area contributed by atoms with Gasteiger partial charge in [0.1, 0.15) is 0 Å². The van der Waals surface area contributed by atoms with Crippen LogP contribution in [0.3, 0.4) is 0 Å². The molecule has 0 saturated heterocycles. The molecular formula is C9H19N3S. The predicted molar refractivity (Wildman–Crippen MR) is 60.0 cm³/mol. The van der Waals surface area contributed by atoms with Gasteiger partial charge in [0, 0.05) is 19.8 Å². The highest BCUT2D eigenvalue weighted by atomic mass is 32.2. The van der Waals surface area contributed by atoms with Crippen molar-refractivity contribution in [3.05, 3.63) is 0 Å². The van der Waals surface area contributed by atoms with Crippen molar-refractivity contribution in [2.75, 3.05) is 19.8 Å². The average molecular weight is 201 g/mol. The van der Waals surface area contributed by atoms with Crippen molar-refractivity contribution < 1.29 is 0 Å². The van der Waals surface area contributed by atoms with Gasteiger partial charge in [-0.25, -0.2) is 5.01 Å². The van der Waals surface area contributed by atoms with E-state index in [-0.39, 0.29) is 0 Å². The largest absolute Gasteiger partial charge is 0.298 e. The van der Waals surface area contributed by atoms with E-state index in [1.54, 1.807) is 0 Å². The molecule has 1 heterocycles. The minimum atomic E-state index is 0.521. The van der Waals surface area contributed by atoms with E-state index >= 15 is 0 Å². The second-order valence-corrected chi connectivity index (χ2v) is 5.04. The third-order valence-electron chi connectivity index (χ3n) is 1.77. The fourth-order valence-electron chi connectivity index (χ4n) is 1.33. The lowest BCUT2D eigenvalue weighted by molar-refractivity contribution is 0.365. The predicted octanol–water partition coefficient (Wildman–Crippen LogP) is 1.57. The molecule has 1 aliphatic rings. The molecular weight excluding hydrogens is 182 g/mol. The second-order valence-electron chi connectivity index (χ2n) is 4.03. The van der Waals surface area contributed by atoms with Gasteiger partial charge in [-0.05, 0) is 12.3 Å². The van der Waals surface area contributed by atoms with E-state index in [9.17, 15) is 0 Å². The molecule has 0 aromatic carbocycles. The molecule has 1 aliphatic heterocycles. The van der Waals surface area contributed by atoms with Crippen LogP contribution in [-0.4, -0.2) is 36.1 Å². The Balaban J connectivity index is 2.35. The van der Waals surface area contributed by atoms with E-state index in [1.807, 2.05) is 30.9 Å². The molecule has 1 atom stereocenters. The molecule has 0 fully saturated rings. The van der Waals surface area contributed by atoms with E-state index < -0.39 is 0 Å². The Morgan fingerprint density at radius 2 is 2.31 bits per heavy atom. The molecule has 0 aromatic heterocycles. The zero-order valence-electron chi connectivity index (χ0n) is 8.87. The Kier molecular flexibility index (Phi) is 4.06. The van der Waals surface area contributed by atoms with Crippen molar-refractivity contribution >= 4 is 16.9 Å². The van der Waals surface area contributed by atoms with Crippen molar-refractivity contribution in [3.63, 3.8) is 0 Å². The third kappa shape index (κ3) is 4.00. The molecule has 0 radical (unpaired) electrons. The first-order chi connectivity index (χ1) is 6.08. The first kappa shape index (κ1) is 10.9. The zero-order chi connectivity index (χ0) is 9.84. The number of rotatable bonds is 3. The van der Waals surface area contributed by atoms with Crippen molar-refractivity contribution in [3.8, 4) is 0 Å². The van der Waals surface area contributed by atoms with Gasteiger partial charge in [0.05, 0.1) is 6.04 Å². The lowest BCUT2D eigenvalue weighted by atomic mass is 10.1. The van der Waals surface area contributed by atoms with Gasteiger partial charge in [-0.2, -0.15) is 0 Å². The van der Waals surface area contributed by atoms with Crippen LogP contribution in [0.5, 0.6) is 0 Å². The van der Waals surface area contributed by atoms with Crippen molar-refractivity contribution in [1.82, 2.24) is 10.4 Å². The van der Waals surface area contributed by atoms with Crippen LogP contribution in [0.4, 0.5) is 0 Å². The molecule has 0 bridgehead atoms. The summed E-state index contributed by atoms with van der Waals surface area (Å²) < 4.78 is 0. The summed E-state index contributed by atoms with van der Waals surface area (Å²) in [6.45, 7) is 4.50. The summed E-state index contributed by atoms with van der Waals surface area (Å²) in [5, 5.41) is 3.00. The van der Waals surface area contributed by atoms with Crippen LogP contribution in [0.1, 0.15) is 20.3 Å². The van der Waals surface area contributed by atoms with Crippen LogP contribution < -0.4 is 5.43 Å². The number of amidine groups is 1. The zero-order valence-corrected chi connectivity index (χ0v) is 9.69. The number of thioether (sulfide) groups is 1. The number of hydrogen-bond donors (Lipinski definition) is 1. The maximum Gasteiger partial charge on any atom is 0.171 e. The Morgan fingerprint density at radius 1 is 1.62 bits per heavy atom. The van der Waals surface area contributed by atoms with Crippen molar-refractivity contribution in [1.29, 1.82) is 0 Å². The van der Waals surface area contributed by atoms with E-state index in [4.69, 9.17) is 0 Å². The Bertz CT molecular complexity index is 189. The summed E-state index contributed by atoms with van der Waals surface area (Å²) >= 11 is 1.82. The first-order valence-electron chi connectivity index (χ1n) is 4.72. The number of nitrogens with zero attached hydrogens (tertiary/aromatic N) is 2. The summed E-state index contributed by atoms with van der Waals surface area (Å²) in [5.74, 6) is 1.88. The van der Waals surface area contributed by atoms with Gasteiger partial charge in [0.15, 0.2) is 5.17 Å². The monoisotopic (exact) mass is 201 g/mol. The fraction of sp³-hybridized carbons (Fsp3) is 0.889. The van der Waals surface area contributed by atoms with Gasteiger partial charge in [-0.15, -0.1) is 0 Å². The summed E-state index contributed by atoms with van der Waals surface area (Å²) in [6.07, 6.45) is 1.20. The Morgan fingerprint density at radius 3 is 2.85 bits per heavy atom. The third-order valence-corrected chi connectivity index (χ3v) is 2.80. The smallest absolute Gasteiger partial charge is 0.171 e. The molecule has 0 saturated carbocycles. The highest BCUT2D eigenvalue weighted by Gasteiger charge is 2.19. The average Bonchev–Trinajstić information content (AvgIpc) is 2.33. The molecule has 0 spiro atoms. The van der Waals surface area contributed by atoms with Crippen molar-refractivity contribution in [2.24, 2.45) is 10.9 Å². The first-order valence-corrected chi connectivity index (χ1v) is 5.71. The van der Waals surface area contributed by atoms with Gasteiger partial charge >= 0.3 is 0 Å². The van der Waals surface area contributed by atoms with Gasteiger partial charge in [0.25, 0.3) is 0 Å². The summed E-state index contributed by atoms with van der Waals surface area (Å²) in [7, 11) is 3.97. The van der Waals surface area contributed by atoms with Crippen molar-refractivity contribution in [2.45, 2.75) is 26.3 Å². The molecule has 0 amide bonds. The Hall–Kier alpha value is -0.220. The van der Waals surface area contributed by atoms with Gasteiger partial charge < -0.3 is 0 Å².